The summed E-state index contributed by atoms with van der Waals surface area (Å²) in [7, 11) is -4.15. The third kappa shape index (κ3) is 2.50. The number of benzene rings is 1. The smallest absolute Gasteiger partial charge is 0.324 e. The topological polar surface area (TPSA) is 57.5 Å². The maximum atomic E-state index is 11.7. The van der Waals surface area contributed by atoms with Gasteiger partial charge in [-0.1, -0.05) is 26.0 Å². The van der Waals surface area contributed by atoms with E-state index < -0.39 is 12.8 Å². The first-order valence-corrected chi connectivity index (χ1v) is 7.88. The molecule has 0 aliphatic carbocycles. The summed E-state index contributed by atoms with van der Waals surface area (Å²) in [5, 5.41) is -1.03. The molecule has 1 aromatic rings. The van der Waals surface area contributed by atoms with E-state index in [0.717, 1.165) is 9.13 Å². The highest BCUT2D eigenvalue weighted by molar-refractivity contribution is 14.1. The Bertz CT molecular complexity index is 392. The Hall–Kier alpha value is 0.1000. The fraction of sp³-hybridized carbons (Fsp3) is 0.455. The lowest BCUT2D eigenvalue weighted by atomic mass is 9.93. The van der Waals surface area contributed by atoms with Crippen molar-refractivity contribution in [2.24, 2.45) is 0 Å². The standard InChI is InChI=1S/C11H16IO3P/c1-3-11(4-2,16(13,14)15)9-5-7-10(12)8-6-9/h5-8H,3-4H2,1-2H3,(H2,13,14,15). The minimum atomic E-state index is -4.15. The van der Waals surface area contributed by atoms with Crippen molar-refractivity contribution in [2.75, 3.05) is 0 Å². The number of hydrogen-bond donors (Lipinski definition) is 2. The highest BCUT2D eigenvalue weighted by Gasteiger charge is 2.45. The third-order valence-electron chi connectivity index (χ3n) is 3.11. The summed E-state index contributed by atoms with van der Waals surface area (Å²) in [5.74, 6) is 0. The van der Waals surface area contributed by atoms with Crippen LogP contribution in [0.5, 0.6) is 0 Å². The number of halogens is 1. The van der Waals surface area contributed by atoms with E-state index in [4.69, 9.17) is 0 Å². The molecule has 0 fully saturated rings. The van der Waals surface area contributed by atoms with Crippen LogP contribution in [0.15, 0.2) is 24.3 Å². The van der Waals surface area contributed by atoms with Gasteiger partial charge in [-0.2, -0.15) is 0 Å². The molecule has 1 rings (SSSR count). The Morgan fingerprint density at radius 3 is 1.94 bits per heavy atom. The average Bonchev–Trinajstić information content (AvgIpc) is 2.21. The summed E-state index contributed by atoms with van der Waals surface area (Å²) in [6.45, 7) is 3.64. The summed E-state index contributed by atoms with van der Waals surface area (Å²) in [6.07, 6.45) is 0.878. The van der Waals surface area contributed by atoms with Crippen molar-refractivity contribution in [3.63, 3.8) is 0 Å². The summed E-state index contributed by atoms with van der Waals surface area (Å²) in [5.41, 5.74) is 0.728. The van der Waals surface area contributed by atoms with Crippen LogP contribution in [0.4, 0.5) is 0 Å². The van der Waals surface area contributed by atoms with Crippen molar-refractivity contribution >= 4 is 30.2 Å². The Balaban J connectivity index is 3.32. The van der Waals surface area contributed by atoms with Crippen LogP contribution in [0.1, 0.15) is 32.3 Å². The highest BCUT2D eigenvalue weighted by atomic mass is 127. The summed E-state index contributed by atoms with van der Waals surface area (Å²) in [6, 6.07) is 7.39. The first-order chi connectivity index (χ1) is 7.37. The first-order valence-electron chi connectivity index (χ1n) is 5.19. The third-order valence-corrected chi connectivity index (χ3v) is 5.83. The predicted molar refractivity (Wildman–Crippen MR) is 73.5 cm³/mol. The molecule has 0 atom stereocenters. The molecule has 0 saturated heterocycles. The molecule has 2 N–H and O–H groups in total. The van der Waals surface area contributed by atoms with Crippen molar-refractivity contribution in [3.8, 4) is 0 Å². The van der Waals surface area contributed by atoms with Gasteiger partial charge in [0.2, 0.25) is 0 Å². The Labute approximate surface area is 110 Å². The van der Waals surface area contributed by atoms with Crippen LogP contribution in [0.3, 0.4) is 0 Å². The molecule has 16 heavy (non-hydrogen) atoms. The molecule has 90 valence electrons. The highest BCUT2D eigenvalue weighted by Crippen LogP contribution is 2.60. The van der Waals surface area contributed by atoms with E-state index in [0.29, 0.717) is 12.8 Å². The molecule has 0 heterocycles. The largest absolute Gasteiger partial charge is 0.335 e. The van der Waals surface area contributed by atoms with Gasteiger partial charge in [0, 0.05) is 3.57 Å². The molecule has 0 amide bonds. The minimum absolute atomic E-state index is 0.439. The molecule has 3 nitrogen and oxygen atoms in total. The number of rotatable bonds is 4. The monoisotopic (exact) mass is 354 g/mol. The van der Waals surface area contributed by atoms with Gasteiger partial charge in [-0.3, -0.25) is 4.57 Å². The molecule has 0 spiro atoms. The van der Waals surface area contributed by atoms with E-state index in [2.05, 4.69) is 22.6 Å². The molecule has 0 aromatic heterocycles. The van der Waals surface area contributed by atoms with Gasteiger partial charge in [0.25, 0.3) is 0 Å². The van der Waals surface area contributed by atoms with E-state index >= 15 is 0 Å². The van der Waals surface area contributed by atoms with Crippen molar-refractivity contribution in [1.82, 2.24) is 0 Å². The van der Waals surface area contributed by atoms with Crippen molar-refractivity contribution in [2.45, 2.75) is 31.8 Å². The maximum absolute atomic E-state index is 11.7. The second-order valence-corrected chi connectivity index (χ2v) is 6.98. The quantitative estimate of drug-likeness (QED) is 0.643. The van der Waals surface area contributed by atoms with Crippen molar-refractivity contribution in [1.29, 1.82) is 0 Å². The zero-order valence-corrected chi connectivity index (χ0v) is 12.4. The van der Waals surface area contributed by atoms with E-state index in [1.807, 2.05) is 38.1 Å². The Morgan fingerprint density at radius 2 is 1.62 bits per heavy atom. The van der Waals surface area contributed by atoms with E-state index in [1.54, 1.807) is 0 Å². The van der Waals surface area contributed by atoms with Crippen LogP contribution >= 0.6 is 30.2 Å². The Morgan fingerprint density at radius 1 is 1.19 bits per heavy atom. The van der Waals surface area contributed by atoms with Crippen LogP contribution in [-0.4, -0.2) is 9.79 Å². The van der Waals surface area contributed by atoms with Gasteiger partial charge >= 0.3 is 7.60 Å². The van der Waals surface area contributed by atoms with E-state index in [9.17, 15) is 14.4 Å². The molecule has 0 unspecified atom stereocenters. The average molecular weight is 354 g/mol. The van der Waals surface area contributed by atoms with Gasteiger partial charge in [0.05, 0.1) is 5.16 Å². The summed E-state index contributed by atoms with van der Waals surface area (Å²) in [4.78, 5) is 19.1. The van der Waals surface area contributed by atoms with Gasteiger partial charge in [0.1, 0.15) is 0 Å². The first kappa shape index (κ1) is 14.2. The summed E-state index contributed by atoms with van der Waals surface area (Å²) >= 11 is 2.18. The predicted octanol–water partition coefficient (Wildman–Crippen LogP) is 3.48. The lowest BCUT2D eigenvalue weighted by molar-refractivity contribution is 0.315. The molecule has 1 aromatic carbocycles. The van der Waals surface area contributed by atoms with E-state index in [1.165, 1.54) is 0 Å². The molecule has 5 heteroatoms. The van der Waals surface area contributed by atoms with Crippen LogP contribution in [0.25, 0.3) is 0 Å². The van der Waals surface area contributed by atoms with Gasteiger partial charge < -0.3 is 9.79 Å². The minimum Gasteiger partial charge on any atom is -0.324 e. The van der Waals surface area contributed by atoms with Crippen LogP contribution in [-0.2, 0) is 9.72 Å². The second kappa shape index (κ2) is 5.17. The van der Waals surface area contributed by atoms with E-state index in [-0.39, 0.29) is 0 Å². The molecule has 0 aliphatic rings. The lowest BCUT2D eigenvalue weighted by Gasteiger charge is -2.32. The van der Waals surface area contributed by atoms with Crippen LogP contribution in [0, 0.1) is 3.57 Å². The fourth-order valence-corrected chi connectivity index (χ4v) is 3.67. The van der Waals surface area contributed by atoms with Crippen molar-refractivity contribution < 1.29 is 14.4 Å². The maximum Gasteiger partial charge on any atom is 0.335 e. The SMILES string of the molecule is CCC(CC)(c1ccc(I)cc1)P(=O)(O)O. The van der Waals surface area contributed by atoms with Crippen molar-refractivity contribution in [3.05, 3.63) is 33.4 Å². The van der Waals surface area contributed by atoms with Gasteiger partial charge in [-0.15, -0.1) is 0 Å². The molecule has 0 bridgehead atoms. The summed E-state index contributed by atoms with van der Waals surface area (Å²) < 4.78 is 12.8. The van der Waals surface area contributed by atoms with Gasteiger partial charge in [0.15, 0.2) is 0 Å². The normalized spacial score (nSPS) is 12.8. The fourth-order valence-electron chi connectivity index (χ4n) is 2.00. The zero-order valence-electron chi connectivity index (χ0n) is 9.35. The molecule has 0 radical (unpaired) electrons. The zero-order chi connectivity index (χ0) is 12.4. The Kier molecular flexibility index (Phi) is 4.57. The molecular weight excluding hydrogens is 338 g/mol. The molecule has 0 saturated carbocycles. The van der Waals surface area contributed by atoms with Crippen LogP contribution < -0.4 is 0 Å². The lowest BCUT2D eigenvalue weighted by Crippen LogP contribution is -2.24. The van der Waals surface area contributed by atoms with Gasteiger partial charge in [-0.05, 0) is 53.1 Å². The van der Waals surface area contributed by atoms with Gasteiger partial charge in [-0.25, -0.2) is 0 Å². The molecule has 0 aliphatic heterocycles. The number of hydrogen-bond acceptors (Lipinski definition) is 1. The molecular formula is C11H16IO3P. The van der Waals surface area contributed by atoms with Crippen LogP contribution in [0.2, 0.25) is 0 Å². The second-order valence-electron chi connectivity index (χ2n) is 3.79.